The summed E-state index contributed by atoms with van der Waals surface area (Å²) in [5.74, 6) is -4.39. The number of halogens is 6. The summed E-state index contributed by atoms with van der Waals surface area (Å²) >= 11 is 4.84. The Balaban J connectivity index is 5.41. The first-order chi connectivity index (χ1) is 9.68. The minimum Gasteiger partial charge on any atom is -0.481 e. The fourth-order valence-electron chi connectivity index (χ4n) is 1.73. The number of carbonyl (C=O) groups is 2. The number of carbonyl (C=O) groups excluding carboxylic acids is 1. The van der Waals surface area contributed by atoms with E-state index in [9.17, 15) is 27.2 Å². The van der Waals surface area contributed by atoms with Gasteiger partial charge >= 0.3 is 18.1 Å². The van der Waals surface area contributed by atoms with Crippen LogP contribution in [0.4, 0.5) is 17.6 Å². The Morgan fingerprint density at radius 2 is 1.68 bits per heavy atom. The summed E-state index contributed by atoms with van der Waals surface area (Å²) in [6.45, 7) is 3.88. The van der Waals surface area contributed by atoms with Crippen LogP contribution in [0.15, 0.2) is 0 Å². The lowest BCUT2D eigenvalue weighted by Gasteiger charge is -2.37. The largest absolute Gasteiger partial charge is 0.481 e. The smallest absolute Gasteiger partial charge is 0.432 e. The molecule has 0 spiro atoms. The molecule has 10 heteroatoms. The zero-order valence-corrected chi connectivity index (χ0v) is 15.2. The van der Waals surface area contributed by atoms with E-state index in [2.05, 4.69) is 20.7 Å². The van der Waals surface area contributed by atoms with Gasteiger partial charge in [-0.25, -0.2) is 4.39 Å². The molecule has 0 radical (unpaired) electrons. The van der Waals surface area contributed by atoms with Crippen molar-refractivity contribution in [3.05, 3.63) is 0 Å². The van der Waals surface area contributed by atoms with E-state index in [-0.39, 0.29) is 6.61 Å². The quantitative estimate of drug-likeness (QED) is 0.270. The third kappa shape index (κ3) is 5.07. The summed E-state index contributed by atoms with van der Waals surface area (Å²) in [5.41, 5.74) is -1.53. The maximum absolute atomic E-state index is 13.7. The molecule has 0 aliphatic heterocycles. The van der Waals surface area contributed by atoms with E-state index in [0.717, 1.165) is 0 Å². The van der Waals surface area contributed by atoms with Gasteiger partial charge in [0.05, 0.1) is 6.61 Å². The molecule has 0 aromatic rings. The molecule has 0 amide bonds. The van der Waals surface area contributed by atoms with Crippen LogP contribution in [0.2, 0.25) is 0 Å². The Kier molecular flexibility index (Phi) is 7.33. The van der Waals surface area contributed by atoms with E-state index in [1.54, 1.807) is 0 Å². The molecule has 0 rings (SSSR count). The van der Waals surface area contributed by atoms with Gasteiger partial charge in [-0.3, -0.25) is 9.59 Å². The Hall–Kier alpha value is -0.380. The van der Waals surface area contributed by atoms with Gasteiger partial charge < -0.3 is 9.84 Å². The minimum absolute atomic E-state index is 0.0836. The second-order valence-corrected chi connectivity index (χ2v) is 7.58. The van der Waals surface area contributed by atoms with E-state index >= 15 is 0 Å². The van der Waals surface area contributed by atoms with Gasteiger partial charge in [-0.15, -0.1) is 0 Å². The summed E-state index contributed by atoms with van der Waals surface area (Å²) < 4.78 is 52.3. The van der Waals surface area contributed by atoms with Gasteiger partial charge in [-0.2, -0.15) is 13.2 Å². The molecule has 0 aliphatic carbocycles. The van der Waals surface area contributed by atoms with Crippen LogP contribution in [-0.4, -0.2) is 39.2 Å². The van der Waals surface area contributed by atoms with Gasteiger partial charge in [0.15, 0.2) is 5.92 Å². The summed E-state index contributed by atoms with van der Waals surface area (Å²) in [5, 5.41) is 9.16. The maximum Gasteiger partial charge on any atom is 0.432 e. The van der Waals surface area contributed by atoms with E-state index < -0.39 is 45.3 Å². The fraction of sp³-hybridized carbons (Fsp3) is 0.833. The number of alkyl halides is 6. The molecule has 0 fully saturated rings. The van der Waals surface area contributed by atoms with Crippen molar-refractivity contribution in [2.75, 3.05) is 6.61 Å². The van der Waals surface area contributed by atoms with Crippen molar-refractivity contribution < 1.29 is 37.0 Å². The van der Waals surface area contributed by atoms with Crippen LogP contribution in [0.3, 0.4) is 0 Å². The first-order valence-electron chi connectivity index (χ1n) is 6.16. The first-order valence-corrected chi connectivity index (χ1v) is 7.87. The lowest BCUT2D eigenvalue weighted by molar-refractivity contribution is -0.195. The minimum atomic E-state index is -5.18. The highest BCUT2D eigenvalue weighted by atomic mass is 79.9. The van der Waals surface area contributed by atoms with Crippen molar-refractivity contribution in [2.45, 2.75) is 42.8 Å². The molecule has 1 N–H and O–H groups in total. The summed E-state index contributed by atoms with van der Waals surface area (Å²) in [6, 6.07) is 0. The number of esters is 1. The molecule has 0 aromatic heterocycles. The number of carboxylic acids is 1. The number of carboxylic acid groups (broad SMARTS) is 1. The van der Waals surface area contributed by atoms with Gasteiger partial charge in [-0.1, -0.05) is 29.8 Å². The van der Waals surface area contributed by atoms with Crippen LogP contribution in [0, 0.1) is 11.3 Å². The number of ether oxygens (including phenoxy) is 1. The second-order valence-electron chi connectivity index (χ2n) is 5.22. The van der Waals surface area contributed by atoms with Crippen LogP contribution in [0.1, 0.15) is 27.2 Å². The SMILES string of the molecule is CCOC(=O)C(C(=O)O)C(C)(C)C(Br)CC(F)(Br)C(F)(F)F. The zero-order chi connectivity index (χ0) is 17.9. The molecular formula is C12H16Br2F4O4. The first kappa shape index (κ1) is 21.6. The molecule has 3 unspecified atom stereocenters. The maximum atomic E-state index is 13.7. The van der Waals surface area contributed by atoms with Crippen molar-refractivity contribution in [2.24, 2.45) is 11.3 Å². The van der Waals surface area contributed by atoms with Crippen molar-refractivity contribution in [1.82, 2.24) is 0 Å². The summed E-state index contributed by atoms with van der Waals surface area (Å²) in [6.07, 6.45) is -6.30. The Morgan fingerprint density at radius 3 is 2.00 bits per heavy atom. The Morgan fingerprint density at radius 1 is 1.23 bits per heavy atom. The third-order valence-corrected chi connectivity index (χ3v) is 5.45. The van der Waals surface area contributed by atoms with Gasteiger partial charge in [0.1, 0.15) is 0 Å². The fourth-order valence-corrected chi connectivity index (χ4v) is 3.20. The molecule has 22 heavy (non-hydrogen) atoms. The highest BCUT2D eigenvalue weighted by molar-refractivity contribution is 9.10. The van der Waals surface area contributed by atoms with Crippen LogP contribution >= 0.6 is 31.9 Å². The average molecular weight is 460 g/mol. The van der Waals surface area contributed by atoms with Crippen molar-refractivity contribution in [1.29, 1.82) is 0 Å². The third-order valence-electron chi connectivity index (χ3n) is 3.17. The highest BCUT2D eigenvalue weighted by Gasteiger charge is 2.57. The zero-order valence-electron chi connectivity index (χ0n) is 12.0. The van der Waals surface area contributed by atoms with Crippen LogP contribution < -0.4 is 0 Å². The molecule has 0 aromatic carbocycles. The predicted molar refractivity (Wildman–Crippen MR) is 77.7 cm³/mol. The molecule has 0 bridgehead atoms. The molecule has 4 nitrogen and oxygen atoms in total. The molecule has 0 saturated carbocycles. The molecule has 0 saturated heterocycles. The standard InChI is InChI=1S/C12H16Br2F4O4/c1-4-22-9(21)7(8(19)20)10(2,3)6(13)5-11(14,15)12(16,17)18/h6-7H,4-5H2,1-3H3,(H,19,20). The van der Waals surface area contributed by atoms with Crippen molar-refractivity contribution >= 4 is 43.8 Å². The second kappa shape index (κ2) is 7.46. The van der Waals surface area contributed by atoms with Crippen LogP contribution in [-0.2, 0) is 14.3 Å². The van der Waals surface area contributed by atoms with Crippen LogP contribution in [0.25, 0.3) is 0 Å². The number of rotatable bonds is 7. The van der Waals surface area contributed by atoms with Gasteiger partial charge in [-0.05, 0) is 22.9 Å². The normalized spacial score (nSPS) is 18.2. The van der Waals surface area contributed by atoms with E-state index in [1.165, 1.54) is 20.8 Å². The van der Waals surface area contributed by atoms with Gasteiger partial charge in [0.25, 0.3) is 4.58 Å². The van der Waals surface area contributed by atoms with Gasteiger partial charge in [0.2, 0.25) is 0 Å². The molecular weight excluding hydrogens is 444 g/mol. The van der Waals surface area contributed by atoms with E-state index in [1.807, 2.05) is 15.9 Å². The highest BCUT2D eigenvalue weighted by Crippen LogP contribution is 2.48. The van der Waals surface area contributed by atoms with Gasteiger partial charge in [0, 0.05) is 16.7 Å². The monoisotopic (exact) mass is 458 g/mol. The number of aliphatic carboxylic acids is 1. The van der Waals surface area contributed by atoms with Crippen molar-refractivity contribution in [3.8, 4) is 0 Å². The summed E-state index contributed by atoms with van der Waals surface area (Å²) in [4.78, 5) is 21.8. The molecule has 130 valence electrons. The predicted octanol–water partition coefficient (Wildman–Crippen LogP) is 4.05. The lowest BCUT2D eigenvalue weighted by Crippen LogP contribution is -2.47. The average Bonchev–Trinajstić information content (AvgIpc) is 2.25. The number of hydrogen-bond acceptors (Lipinski definition) is 3. The summed E-state index contributed by atoms with van der Waals surface area (Å²) in [7, 11) is 0. The molecule has 0 heterocycles. The Bertz CT molecular complexity index is 424. The van der Waals surface area contributed by atoms with Crippen LogP contribution in [0.5, 0.6) is 0 Å². The van der Waals surface area contributed by atoms with E-state index in [0.29, 0.717) is 0 Å². The Labute approximate surface area is 141 Å². The molecule has 0 aliphatic rings. The van der Waals surface area contributed by atoms with E-state index in [4.69, 9.17) is 5.11 Å². The molecule has 3 atom stereocenters. The lowest BCUT2D eigenvalue weighted by atomic mass is 9.74. The topological polar surface area (TPSA) is 63.6 Å². The van der Waals surface area contributed by atoms with Crippen molar-refractivity contribution in [3.63, 3.8) is 0 Å². The number of hydrogen-bond donors (Lipinski definition) is 1.